The highest BCUT2D eigenvalue weighted by molar-refractivity contribution is 7.10. The average molecular weight is 175 g/mol. The van der Waals surface area contributed by atoms with Crippen molar-refractivity contribution in [1.82, 2.24) is 0 Å². The van der Waals surface area contributed by atoms with Gasteiger partial charge in [0.1, 0.15) is 0 Å². The van der Waals surface area contributed by atoms with Crippen LogP contribution in [0.15, 0.2) is 17.5 Å². The standard InChI is InChI=1S/C7H7F2NS/c8-7(9)5(6(7)10)4-2-1-3-11-4/h1-3,5-6H,10H2/t5-,6+/m1/s1. The minimum Gasteiger partial charge on any atom is -0.322 e. The van der Waals surface area contributed by atoms with E-state index in [1.165, 1.54) is 11.3 Å². The molecule has 0 saturated heterocycles. The van der Waals surface area contributed by atoms with Crippen molar-refractivity contribution in [3.63, 3.8) is 0 Å². The normalized spacial score (nSPS) is 33.7. The van der Waals surface area contributed by atoms with Crippen molar-refractivity contribution in [1.29, 1.82) is 0 Å². The molecule has 1 aliphatic rings. The first-order valence-electron chi connectivity index (χ1n) is 3.31. The Balaban J connectivity index is 2.23. The Bertz CT molecular complexity index is 257. The second-order valence-corrected chi connectivity index (χ2v) is 3.67. The van der Waals surface area contributed by atoms with Gasteiger partial charge in [0, 0.05) is 4.88 Å². The summed E-state index contributed by atoms with van der Waals surface area (Å²) in [7, 11) is 0. The van der Waals surface area contributed by atoms with Crippen LogP contribution in [0.4, 0.5) is 8.78 Å². The van der Waals surface area contributed by atoms with E-state index in [1.54, 1.807) is 17.5 Å². The number of hydrogen-bond acceptors (Lipinski definition) is 2. The molecule has 0 amide bonds. The maximum Gasteiger partial charge on any atom is 0.272 e. The molecule has 1 aromatic heterocycles. The molecule has 1 nitrogen and oxygen atoms in total. The largest absolute Gasteiger partial charge is 0.322 e. The highest BCUT2D eigenvalue weighted by atomic mass is 32.1. The molecule has 0 radical (unpaired) electrons. The molecular weight excluding hydrogens is 168 g/mol. The first-order valence-corrected chi connectivity index (χ1v) is 4.19. The Morgan fingerprint density at radius 2 is 2.18 bits per heavy atom. The SMILES string of the molecule is N[C@H]1[C@@H](c2cccs2)C1(F)F. The first-order chi connectivity index (χ1) is 5.14. The molecule has 60 valence electrons. The summed E-state index contributed by atoms with van der Waals surface area (Å²) in [5.41, 5.74) is 5.19. The zero-order valence-electron chi connectivity index (χ0n) is 5.63. The van der Waals surface area contributed by atoms with E-state index in [-0.39, 0.29) is 0 Å². The van der Waals surface area contributed by atoms with E-state index in [9.17, 15) is 8.78 Å². The predicted molar refractivity (Wildman–Crippen MR) is 40.0 cm³/mol. The van der Waals surface area contributed by atoms with Gasteiger partial charge in [-0.3, -0.25) is 0 Å². The lowest BCUT2D eigenvalue weighted by Crippen LogP contribution is -2.08. The molecule has 2 N–H and O–H groups in total. The number of alkyl halides is 2. The Morgan fingerprint density at radius 1 is 1.55 bits per heavy atom. The maximum absolute atomic E-state index is 12.6. The van der Waals surface area contributed by atoms with Crippen molar-refractivity contribution >= 4 is 11.3 Å². The summed E-state index contributed by atoms with van der Waals surface area (Å²) < 4.78 is 25.3. The fraction of sp³-hybridized carbons (Fsp3) is 0.429. The number of rotatable bonds is 1. The fourth-order valence-electron chi connectivity index (χ4n) is 1.19. The van der Waals surface area contributed by atoms with E-state index in [4.69, 9.17) is 5.73 Å². The summed E-state index contributed by atoms with van der Waals surface area (Å²) in [6.07, 6.45) is 0. The van der Waals surface area contributed by atoms with E-state index in [0.29, 0.717) is 4.88 Å². The van der Waals surface area contributed by atoms with Crippen molar-refractivity contribution in [3.8, 4) is 0 Å². The Kier molecular flexibility index (Phi) is 1.32. The van der Waals surface area contributed by atoms with Crippen LogP contribution in [-0.2, 0) is 0 Å². The molecule has 0 unspecified atom stereocenters. The van der Waals surface area contributed by atoms with E-state index < -0.39 is 17.9 Å². The molecule has 0 bridgehead atoms. The third kappa shape index (κ3) is 0.895. The van der Waals surface area contributed by atoms with Crippen LogP contribution in [0.25, 0.3) is 0 Å². The summed E-state index contributed by atoms with van der Waals surface area (Å²) in [6, 6.07) is 2.51. The first kappa shape index (κ1) is 7.18. The van der Waals surface area contributed by atoms with Crippen LogP contribution in [0.2, 0.25) is 0 Å². The van der Waals surface area contributed by atoms with Gasteiger partial charge in [-0.15, -0.1) is 11.3 Å². The molecule has 1 aliphatic carbocycles. The third-order valence-electron chi connectivity index (χ3n) is 1.96. The summed E-state index contributed by atoms with van der Waals surface area (Å²) in [5.74, 6) is -3.38. The smallest absolute Gasteiger partial charge is 0.272 e. The zero-order valence-corrected chi connectivity index (χ0v) is 6.44. The van der Waals surface area contributed by atoms with E-state index >= 15 is 0 Å². The third-order valence-corrected chi connectivity index (χ3v) is 2.91. The minimum absolute atomic E-state index is 0.697. The number of halogens is 2. The van der Waals surface area contributed by atoms with Crippen molar-refractivity contribution in [2.24, 2.45) is 5.73 Å². The highest BCUT2D eigenvalue weighted by Gasteiger charge is 2.67. The van der Waals surface area contributed by atoms with Gasteiger partial charge in [0.2, 0.25) is 0 Å². The number of thiophene rings is 1. The molecule has 1 saturated carbocycles. The monoisotopic (exact) mass is 175 g/mol. The molecule has 0 aromatic carbocycles. The molecule has 0 aliphatic heterocycles. The second kappa shape index (κ2) is 2.01. The second-order valence-electron chi connectivity index (χ2n) is 2.69. The summed E-state index contributed by atoms with van der Waals surface area (Å²) in [5, 5.41) is 1.79. The van der Waals surface area contributed by atoms with Gasteiger partial charge in [0.05, 0.1) is 12.0 Å². The molecular formula is C7H7F2NS. The molecule has 1 heterocycles. The number of nitrogens with two attached hydrogens (primary N) is 1. The van der Waals surface area contributed by atoms with Gasteiger partial charge in [-0.1, -0.05) is 6.07 Å². The van der Waals surface area contributed by atoms with Gasteiger partial charge >= 0.3 is 0 Å². The van der Waals surface area contributed by atoms with Crippen molar-refractivity contribution < 1.29 is 8.78 Å². The van der Waals surface area contributed by atoms with Crippen molar-refractivity contribution in [3.05, 3.63) is 22.4 Å². The van der Waals surface area contributed by atoms with E-state index in [2.05, 4.69) is 0 Å². The van der Waals surface area contributed by atoms with Crippen LogP contribution < -0.4 is 5.73 Å². The van der Waals surface area contributed by atoms with Crippen LogP contribution in [0.5, 0.6) is 0 Å². The number of hydrogen-bond donors (Lipinski definition) is 1. The summed E-state index contributed by atoms with van der Waals surface area (Å²) in [4.78, 5) is 0.697. The summed E-state index contributed by atoms with van der Waals surface area (Å²) in [6.45, 7) is 0. The predicted octanol–water partition coefficient (Wildman–Crippen LogP) is 1.81. The molecule has 4 heteroatoms. The van der Waals surface area contributed by atoms with Crippen LogP contribution in [0, 0.1) is 0 Å². The van der Waals surface area contributed by atoms with Gasteiger partial charge in [-0.2, -0.15) is 0 Å². The van der Waals surface area contributed by atoms with Crippen LogP contribution in [0.3, 0.4) is 0 Å². The maximum atomic E-state index is 12.6. The topological polar surface area (TPSA) is 26.0 Å². The van der Waals surface area contributed by atoms with E-state index in [1.807, 2.05) is 0 Å². The van der Waals surface area contributed by atoms with E-state index in [0.717, 1.165) is 0 Å². The van der Waals surface area contributed by atoms with Crippen LogP contribution in [0.1, 0.15) is 10.8 Å². The Morgan fingerprint density at radius 3 is 2.55 bits per heavy atom. The molecule has 2 atom stereocenters. The lowest BCUT2D eigenvalue weighted by Gasteiger charge is -1.89. The quantitative estimate of drug-likeness (QED) is 0.692. The molecule has 1 fully saturated rings. The lowest BCUT2D eigenvalue weighted by molar-refractivity contribution is 0.106. The van der Waals surface area contributed by atoms with Gasteiger partial charge in [0.25, 0.3) is 5.92 Å². The Hall–Kier alpha value is -0.480. The van der Waals surface area contributed by atoms with Crippen molar-refractivity contribution in [2.45, 2.75) is 17.9 Å². The van der Waals surface area contributed by atoms with Gasteiger partial charge in [0.15, 0.2) is 0 Å². The fourth-order valence-corrected chi connectivity index (χ4v) is 2.11. The Labute approximate surface area is 66.8 Å². The summed E-state index contributed by atoms with van der Waals surface area (Å²) >= 11 is 1.34. The van der Waals surface area contributed by atoms with Gasteiger partial charge in [-0.25, -0.2) is 8.78 Å². The van der Waals surface area contributed by atoms with Crippen LogP contribution >= 0.6 is 11.3 Å². The van der Waals surface area contributed by atoms with Gasteiger partial charge < -0.3 is 5.73 Å². The van der Waals surface area contributed by atoms with Gasteiger partial charge in [-0.05, 0) is 11.4 Å². The molecule has 11 heavy (non-hydrogen) atoms. The lowest BCUT2D eigenvalue weighted by atomic mass is 10.3. The molecule has 0 spiro atoms. The minimum atomic E-state index is -2.66. The highest BCUT2D eigenvalue weighted by Crippen LogP contribution is 2.55. The molecule has 1 aromatic rings. The zero-order chi connectivity index (χ0) is 8.06. The average Bonchev–Trinajstić information content (AvgIpc) is 2.40. The van der Waals surface area contributed by atoms with Crippen molar-refractivity contribution in [2.75, 3.05) is 0 Å². The van der Waals surface area contributed by atoms with Crippen LogP contribution in [-0.4, -0.2) is 12.0 Å². The molecule has 2 rings (SSSR count).